The van der Waals surface area contributed by atoms with Crippen LogP contribution in [0.15, 0.2) is 53.3 Å². The van der Waals surface area contributed by atoms with Gasteiger partial charge in [-0.05, 0) is 48.2 Å². The van der Waals surface area contributed by atoms with E-state index in [9.17, 15) is 4.79 Å². The average Bonchev–Trinajstić information content (AvgIpc) is 2.56. The van der Waals surface area contributed by atoms with Crippen molar-refractivity contribution in [2.45, 2.75) is 13.3 Å². The van der Waals surface area contributed by atoms with Gasteiger partial charge in [0.15, 0.2) is 0 Å². The number of rotatable bonds is 4. The summed E-state index contributed by atoms with van der Waals surface area (Å²) >= 11 is 7.79. The topological polar surface area (TPSA) is 34.0 Å². The normalized spacial score (nSPS) is 10.9. The summed E-state index contributed by atoms with van der Waals surface area (Å²) in [5.41, 5.74) is 2.75. The molecule has 0 saturated heterocycles. The number of fused-ring (bicyclic) bond motifs is 1. The first kappa shape index (κ1) is 16.0. The molecule has 118 valence electrons. The predicted octanol–water partition coefficient (Wildman–Crippen LogP) is 4.90. The van der Waals surface area contributed by atoms with Crippen molar-refractivity contribution < 1.29 is 0 Å². The van der Waals surface area contributed by atoms with Gasteiger partial charge in [-0.3, -0.25) is 9.36 Å². The Morgan fingerprint density at radius 1 is 1.17 bits per heavy atom. The maximum Gasteiger partial charge on any atom is 0.264 e. The van der Waals surface area contributed by atoms with E-state index in [1.807, 2.05) is 55.6 Å². The standard InChI is InChI=1S/C18H17ClN2OS/c1-3-14-11-12-5-4-6-16(19)17(12)18(22)21(14)15-9-7-13(8-10-15)20-23-2/h4-11,20H,3H2,1-2H3. The maximum atomic E-state index is 13.0. The molecular formula is C18H17ClN2OS. The van der Waals surface area contributed by atoms with Gasteiger partial charge in [0.2, 0.25) is 0 Å². The maximum absolute atomic E-state index is 13.0. The van der Waals surface area contributed by atoms with E-state index >= 15 is 0 Å². The Morgan fingerprint density at radius 2 is 1.91 bits per heavy atom. The SMILES string of the molecule is CCc1cc2cccc(Cl)c2c(=O)n1-c1ccc(NSC)cc1. The van der Waals surface area contributed by atoms with Gasteiger partial charge < -0.3 is 4.72 Å². The smallest absolute Gasteiger partial charge is 0.264 e. The molecule has 0 bridgehead atoms. The summed E-state index contributed by atoms with van der Waals surface area (Å²) in [6.45, 7) is 2.05. The Bertz CT molecular complexity index is 903. The van der Waals surface area contributed by atoms with Crippen molar-refractivity contribution >= 4 is 40.0 Å². The minimum atomic E-state index is -0.0736. The molecule has 0 aliphatic carbocycles. The van der Waals surface area contributed by atoms with E-state index in [2.05, 4.69) is 4.72 Å². The minimum absolute atomic E-state index is 0.0736. The highest BCUT2D eigenvalue weighted by Crippen LogP contribution is 2.23. The Balaban J connectivity index is 2.25. The zero-order chi connectivity index (χ0) is 16.4. The molecule has 23 heavy (non-hydrogen) atoms. The fraction of sp³-hybridized carbons (Fsp3) is 0.167. The molecule has 1 aromatic heterocycles. The third-order valence-corrected chi connectivity index (χ3v) is 4.53. The van der Waals surface area contributed by atoms with E-state index in [4.69, 9.17) is 11.6 Å². The van der Waals surface area contributed by atoms with Gasteiger partial charge in [0.05, 0.1) is 10.4 Å². The monoisotopic (exact) mass is 344 g/mol. The molecule has 0 amide bonds. The average molecular weight is 345 g/mol. The van der Waals surface area contributed by atoms with Gasteiger partial charge in [0.1, 0.15) is 0 Å². The van der Waals surface area contributed by atoms with Crippen LogP contribution in [0, 0.1) is 0 Å². The van der Waals surface area contributed by atoms with Crippen LogP contribution in [0.3, 0.4) is 0 Å². The number of pyridine rings is 1. The number of nitrogens with one attached hydrogen (secondary N) is 1. The van der Waals surface area contributed by atoms with Crippen molar-refractivity contribution in [3.05, 3.63) is 69.6 Å². The van der Waals surface area contributed by atoms with Gasteiger partial charge in [-0.15, -0.1) is 0 Å². The second-order valence-electron chi connectivity index (χ2n) is 5.19. The fourth-order valence-electron chi connectivity index (χ4n) is 2.71. The lowest BCUT2D eigenvalue weighted by Crippen LogP contribution is -2.22. The van der Waals surface area contributed by atoms with Crippen LogP contribution in [-0.2, 0) is 6.42 Å². The summed E-state index contributed by atoms with van der Waals surface area (Å²) in [4.78, 5) is 13.0. The Labute approximate surface area is 144 Å². The highest BCUT2D eigenvalue weighted by atomic mass is 35.5. The van der Waals surface area contributed by atoms with E-state index in [0.717, 1.165) is 28.9 Å². The van der Waals surface area contributed by atoms with Crippen molar-refractivity contribution in [3.8, 4) is 5.69 Å². The molecular weight excluding hydrogens is 328 g/mol. The minimum Gasteiger partial charge on any atom is -0.330 e. The predicted molar refractivity (Wildman–Crippen MR) is 101 cm³/mol. The summed E-state index contributed by atoms with van der Waals surface area (Å²) in [6, 6.07) is 15.4. The molecule has 0 unspecified atom stereocenters. The second kappa shape index (κ2) is 6.69. The largest absolute Gasteiger partial charge is 0.330 e. The zero-order valence-electron chi connectivity index (χ0n) is 13.0. The first-order valence-corrected chi connectivity index (χ1v) is 8.98. The van der Waals surface area contributed by atoms with Crippen LogP contribution in [0.5, 0.6) is 0 Å². The van der Waals surface area contributed by atoms with E-state index < -0.39 is 0 Å². The highest BCUT2D eigenvalue weighted by molar-refractivity contribution is 7.99. The van der Waals surface area contributed by atoms with E-state index in [0.29, 0.717) is 10.4 Å². The van der Waals surface area contributed by atoms with Crippen molar-refractivity contribution in [2.24, 2.45) is 0 Å². The number of hydrogen-bond donors (Lipinski definition) is 1. The van der Waals surface area contributed by atoms with Gasteiger partial charge in [-0.25, -0.2) is 0 Å². The van der Waals surface area contributed by atoms with Crippen LogP contribution in [-0.4, -0.2) is 10.8 Å². The van der Waals surface area contributed by atoms with E-state index in [1.54, 1.807) is 10.6 Å². The number of aromatic nitrogens is 1. The summed E-state index contributed by atoms with van der Waals surface area (Å²) in [6.07, 6.45) is 2.74. The molecule has 0 atom stereocenters. The Kier molecular flexibility index (Phi) is 4.64. The molecule has 0 aliphatic rings. The van der Waals surface area contributed by atoms with Gasteiger partial charge in [-0.1, -0.05) is 42.6 Å². The highest BCUT2D eigenvalue weighted by Gasteiger charge is 2.12. The molecule has 0 saturated carbocycles. The van der Waals surface area contributed by atoms with Crippen LogP contribution >= 0.6 is 23.5 Å². The third-order valence-electron chi connectivity index (χ3n) is 3.78. The summed E-state index contributed by atoms with van der Waals surface area (Å²) < 4.78 is 4.92. The lowest BCUT2D eigenvalue weighted by molar-refractivity contribution is 0.889. The molecule has 1 heterocycles. The molecule has 3 rings (SSSR count). The lowest BCUT2D eigenvalue weighted by Gasteiger charge is -2.14. The second-order valence-corrected chi connectivity index (χ2v) is 6.21. The third kappa shape index (κ3) is 2.96. The lowest BCUT2D eigenvalue weighted by atomic mass is 10.1. The Hall–Kier alpha value is -1.91. The number of aryl methyl sites for hydroxylation is 1. The molecule has 0 radical (unpaired) electrons. The van der Waals surface area contributed by atoms with Gasteiger partial charge in [-0.2, -0.15) is 0 Å². The zero-order valence-corrected chi connectivity index (χ0v) is 14.5. The molecule has 0 fully saturated rings. The molecule has 0 spiro atoms. The van der Waals surface area contributed by atoms with Crippen LogP contribution in [0.1, 0.15) is 12.6 Å². The van der Waals surface area contributed by atoms with E-state index in [1.165, 1.54) is 11.9 Å². The van der Waals surface area contributed by atoms with Gasteiger partial charge >= 0.3 is 0 Å². The number of anilines is 1. The molecule has 5 heteroatoms. The van der Waals surface area contributed by atoms with Crippen LogP contribution in [0.4, 0.5) is 5.69 Å². The molecule has 0 aliphatic heterocycles. The quantitative estimate of drug-likeness (QED) is 0.684. The van der Waals surface area contributed by atoms with Crippen molar-refractivity contribution in [2.75, 3.05) is 11.0 Å². The van der Waals surface area contributed by atoms with Crippen molar-refractivity contribution in [1.29, 1.82) is 0 Å². The first-order chi connectivity index (χ1) is 11.2. The molecule has 3 aromatic rings. The Morgan fingerprint density at radius 3 is 2.57 bits per heavy atom. The van der Waals surface area contributed by atoms with Crippen LogP contribution in [0.25, 0.3) is 16.5 Å². The van der Waals surface area contributed by atoms with Crippen LogP contribution < -0.4 is 10.3 Å². The summed E-state index contributed by atoms with van der Waals surface area (Å²) in [5.74, 6) is 0. The number of hydrogen-bond acceptors (Lipinski definition) is 3. The van der Waals surface area contributed by atoms with Crippen molar-refractivity contribution in [3.63, 3.8) is 0 Å². The first-order valence-electron chi connectivity index (χ1n) is 7.38. The molecule has 1 N–H and O–H groups in total. The molecule has 3 nitrogen and oxygen atoms in total. The van der Waals surface area contributed by atoms with Gasteiger partial charge in [0, 0.05) is 23.3 Å². The number of nitrogens with zero attached hydrogens (tertiary/aromatic N) is 1. The van der Waals surface area contributed by atoms with Crippen molar-refractivity contribution in [1.82, 2.24) is 4.57 Å². The number of benzene rings is 2. The molecule has 2 aromatic carbocycles. The summed E-state index contributed by atoms with van der Waals surface area (Å²) in [7, 11) is 0. The fourth-order valence-corrected chi connectivity index (χ4v) is 3.35. The summed E-state index contributed by atoms with van der Waals surface area (Å²) in [5, 5.41) is 1.94. The van der Waals surface area contributed by atoms with E-state index in [-0.39, 0.29) is 5.56 Å². The number of halogens is 1. The van der Waals surface area contributed by atoms with Crippen LogP contribution in [0.2, 0.25) is 5.02 Å². The van der Waals surface area contributed by atoms with Gasteiger partial charge in [0.25, 0.3) is 5.56 Å².